The minimum Gasteiger partial charge on any atom is -0.295 e. The number of thioether (sulfide) groups is 1. The molecule has 3 aromatic rings. The highest BCUT2D eigenvalue weighted by Crippen LogP contribution is 2.28. The second-order valence-corrected chi connectivity index (χ2v) is 7.61. The average Bonchev–Trinajstić information content (AvgIpc) is 3.08. The van der Waals surface area contributed by atoms with Gasteiger partial charge >= 0.3 is 0 Å². The van der Waals surface area contributed by atoms with Crippen molar-refractivity contribution in [3.05, 3.63) is 53.3 Å². The van der Waals surface area contributed by atoms with Gasteiger partial charge in [0.25, 0.3) is 5.91 Å². The summed E-state index contributed by atoms with van der Waals surface area (Å²) in [6.07, 6.45) is -0.0320. The molecule has 1 aromatic carbocycles. The molecule has 0 spiro atoms. The van der Waals surface area contributed by atoms with Crippen molar-refractivity contribution >= 4 is 35.5 Å². The molecule has 0 fully saturated rings. The minimum absolute atomic E-state index is 0.0320. The molecule has 1 aliphatic rings. The van der Waals surface area contributed by atoms with Gasteiger partial charge in [-0.25, -0.2) is 14.6 Å². The molecule has 4 rings (SSSR count). The van der Waals surface area contributed by atoms with Gasteiger partial charge in [0.1, 0.15) is 6.04 Å². The second-order valence-electron chi connectivity index (χ2n) is 6.67. The molecule has 1 atom stereocenters. The number of fused-ring (bicyclic) bond motifs is 1. The first kappa shape index (κ1) is 19.1. The third kappa shape index (κ3) is 4.43. The van der Waals surface area contributed by atoms with E-state index >= 15 is 0 Å². The van der Waals surface area contributed by atoms with Crippen LogP contribution < -0.4 is 10.6 Å². The van der Waals surface area contributed by atoms with Gasteiger partial charge < -0.3 is 0 Å². The van der Waals surface area contributed by atoms with E-state index < -0.39 is 11.9 Å². The molecule has 0 saturated carbocycles. The van der Waals surface area contributed by atoms with Crippen LogP contribution in [0, 0.1) is 13.8 Å². The normalized spacial score (nSPS) is 15.5. The molecule has 0 radical (unpaired) electrons. The second kappa shape index (κ2) is 8.00. The Labute approximate surface area is 171 Å². The minimum atomic E-state index is -0.818. The van der Waals surface area contributed by atoms with E-state index in [9.17, 15) is 9.59 Å². The lowest BCUT2D eigenvalue weighted by molar-refractivity contribution is -0.125. The number of nitrogens with one attached hydrogen (secondary N) is 2. The van der Waals surface area contributed by atoms with Crippen molar-refractivity contribution in [2.75, 3.05) is 10.6 Å². The molecule has 148 valence electrons. The van der Waals surface area contributed by atoms with E-state index in [0.29, 0.717) is 10.9 Å². The molecule has 3 heterocycles. The van der Waals surface area contributed by atoms with Crippen LogP contribution >= 0.6 is 11.8 Å². The van der Waals surface area contributed by atoms with E-state index in [2.05, 4.69) is 30.7 Å². The summed E-state index contributed by atoms with van der Waals surface area (Å²) >= 11 is 1.44. The number of carbonyl (C=O) groups excluding carboxylic acids is 2. The largest absolute Gasteiger partial charge is 0.295 e. The Hall–Kier alpha value is -3.27. The molecular weight excluding hydrogens is 390 g/mol. The van der Waals surface area contributed by atoms with Crippen molar-refractivity contribution in [3.63, 3.8) is 0 Å². The van der Waals surface area contributed by atoms with Crippen LogP contribution in [0.15, 0.2) is 41.6 Å². The lowest BCUT2D eigenvalue weighted by atomic mass is 10.1. The van der Waals surface area contributed by atoms with Gasteiger partial charge in [-0.2, -0.15) is 4.98 Å². The van der Waals surface area contributed by atoms with Crippen molar-refractivity contribution < 1.29 is 9.59 Å². The first-order chi connectivity index (χ1) is 14.0. The number of nitrogens with zero attached hydrogens (tertiary/aromatic N) is 5. The molecule has 1 aliphatic heterocycles. The molecule has 2 aromatic heterocycles. The molecule has 0 bridgehead atoms. The van der Waals surface area contributed by atoms with Gasteiger partial charge in [0.2, 0.25) is 23.0 Å². The summed E-state index contributed by atoms with van der Waals surface area (Å²) < 4.78 is 1.45. The van der Waals surface area contributed by atoms with Gasteiger partial charge in [0.15, 0.2) is 0 Å². The van der Waals surface area contributed by atoms with Crippen molar-refractivity contribution in [2.45, 2.75) is 37.2 Å². The fourth-order valence-corrected chi connectivity index (χ4v) is 3.79. The molecule has 2 N–H and O–H groups in total. The highest BCUT2D eigenvalue weighted by molar-refractivity contribution is 7.98. The van der Waals surface area contributed by atoms with Gasteiger partial charge in [-0.3, -0.25) is 20.2 Å². The number of hydrogen-bond acceptors (Lipinski definition) is 7. The van der Waals surface area contributed by atoms with Gasteiger partial charge in [-0.15, -0.1) is 5.10 Å². The molecule has 0 saturated heterocycles. The fraction of sp³-hybridized carbons (Fsp3) is 0.263. The van der Waals surface area contributed by atoms with Crippen molar-refractivity contribution in [1.29, 1.82) is 0 Å². The van der Waals surface area contributed by atoms with E-state index in [0.717, 1.165) is 17.0 Å². The van der Waals surface area contributed by atoms with Crippen LogP contribution in [0.4, 0.5) is 11.9 Å². The van der Waals surface area contributed by atoms with Crippen LogP contribution in [0.5, 0.6) is 0 Å². The zero-order chi connectivity index (χ0) is 20.4. The molecule has 0 aliphatic carbocycles. The van der Waals surface area contributed by atoms with E-state index in [-0.39, 0.29) is 24.2 Å². The number of amides is 2. The number of aromatic nitrogens is 5. The van der Waals surface area contributed by atoms with E-state index in [4.69, 9.17) is 0 Å². The smallest absolute Gasteiger partial charge is 0.252 e. The molecule has 2 amide bonds. The topological polar surface area (TPSA) is 115 Å². The van der Waals surface area contributed by atoms with Crippen LogP contribution in [-0.2, 0) is 15.3 Å². The predicted molar refractivity (Wildman–Crippen MR) is 108 cm³/mol. The highest BCUT2D eigenvalue weighted by Gasteiger charge is 2.33. The Morgan fingerprint density at radius 3 is 2.66 bits per heavy atom. The van der Waals surface area contributed by atoms with E-state index in [1.165, 1.54) is 16.4 Å². The average molecular weight is 409 g/mol. The lowest BCUT2D eigenvalue weighted by Gasteiger charge is -2.22. The number of carbonyl (C=O) groups is 2. The third-order valence-corrected chi connectivity index (χ3v) is 5.18. The Balaban J connectivity index is 1.52. The van der Waals surface area contributed by atoms with Gasteiger partial charge in [-0.05, 0) is 25.5 Å². The van der Waals surface area contributed by atoms with E-state index in [1.54, 1.807) is 0 Å². The first-order valence-corrected chi connectivity index (χ1v) is 10.0. The highest BCUT2D eigenvalue weighted by atomic mass is 32.2. The summed E-state index contributed by atoms with van der Waals surface area (Å²) in [5, 5.41) is 10.3. The maximum absolute atomic E-state index is 12.8. The molecule has 10 heteroatoms. The summed E-state index contributed by atoms with van der Waals surface area (Å²) in [6.45, 7) is 3.65. The predicted octanol–water partition coefficient (Wildman–Crippen LogP) is 2.50. The van der Waals surface area contributed by atoms with Crippen molar-refractivity contribution in [2.24, 2.45) is 0 Å². The maximum Gasteiger partial charge on any atom is 0.252 e. The standard InChI is InChI=1S/C19H19N7O2S/c1-11-8-12(2)21-17(20-11)23-16(28)14-9-15(27)22-18-24-19(25-26(14)18)29-10-13-6-4-3-5-7-13/h3-8,14H,9-10H2,1-2H3,(H,20,21,23,28)(H,22,24,25,27). The summed E-state index contributed by atoms with van der Waals surface area (Å²) in [7, 11) is 0. The quantitative estimate of drug-likeness (QED) is 0.622. The summed E-state index contributed by atoms with van der Waals surface area (Å²) in [6, 6.07) is 10.9. The lowest BCUT2D eigenvalue weighted by Crippen LogP contribution is -2.36. The van der Waals surface area contributed by atoms with Crippen LogP contribution in [0.25, 0.3) is 0 Å². The Kier molecular flexibility index (Phi) is 5.26. The fourth-order valence-electron chi connectivity index (χ4n) is 3.01. The number of anilines is 2. The zero-order valence-electron chi connectivity index (χ0n) is 15.9. The maximum atomic E-state index is 12.8. The summed E-state index contributed by atoms with van der Waals surface area (Å²) in [5.41, 5.74) is 2.63. The first-order valence-electron chi connectivity index (χ1n) is 9.04. The number of aryl methyl sites for hydroxylation is 2. The number of benzene rings is 1. The zero-order valence-corrected chi connectivity index (χ0v) is 16.7. The molecule has 9 nitrogen and oxygen atoms in total. The monoisotopic (exact) mass is 409 g/mol. The van der Waals surface area contributed by atoms with Crippen LogP contribution in [0.2, 0.25) is 0 Å². The third-order valence-electron chi connectivity index (χ3n) is 4.27. The Bertz CT molecular complexity index is 1050. The molecule has 29 heavy (non-hydrogen) atoms. The Morgan fingerprint density at radius 2 is 1.93 bits per heavy atom. The van der Waals surface area contributed by atoms with Crippen LogP contribution in [-0.4, -0.2) is 36.5 Å². The Morgan fingerprint density at radius 1 is 1.21 bits per heavy atom. The summed E-state index contributed by atoms with van der Waals surface area (Å²) in [5.74, 6) is 0.463. The SMILES string of the molecule is Cc1cc(C)nc(NC(=O)C2CC(=O)Nc3nc(SCc4ccccc4)nn32)n1. The number of rotatable bonds is 5. The van der Waals surface area contributed by atoms with E-state index in [1.807, 2.05) is 50.2 Å². The molecule has 1 unspecified atom stereocenters. The molecular formula is C19H19N7O2S. The van der Waals surface area contributed by atoms with Crippen LogP contribution in [0.3, 0.4) is 0 Å². The van der Waals surface area contributed by atoms with Crippen molar-refractivity contribution in [3.8, 4) is 0 Å². The van der Waals surface area contributed by atoms with Crippen LogP contribution in [0.1, 0.15) is 29.4 Å². The van der Waals surface area contributed by atoms with Gasteiger partial charge in [-0.1, -0.05) is 42.1 Å². The number of hydrogen-bond donors (Lipinski definition) is 2. The summed E-state index contributed by atoms with van der Waals surface area (Å²) in [4.78, 5) is 37.7. The van der Waals surface area contributed by atoms with Gasteiger partial charge in [0, 0.05) is 17.1 Å². The van der Waals surface area contributed by atoms with Crippen molar-refractivity contribution in [1.82, 2.24) is 24.7 Å². The van der Waals surface area contributed by atoms with Gasteiger partial charge in [0.05, 0.1) is 6.42 Å².